The van der Waals surface area contributed by atoms with Crippen molar-refractivity contribution >= 4 is 28.5 Å². The lowest BCUT2D eigenvalue weighted by Gasteiger charge is -2.31. The first-order chi connectivity index (χ1) is 15.7. The van der Waals surface area contributed by atoms with E-state index in [0.717, 1.165) is 27.6 Å². The molecule has 2 aliphatic heterocycles. The third kappa shape index (κ3) is 2.86. The van der Waals surface area contributed by atoms with Gasteiger partial charge in [-0.3, -0.25) is 9.59 Å². The van der Waals surface area contributed by atoms with Crippen LogP contribution in [0.25, 0.3) is 22.3 Å². The molecule has 3 aromatic rings. The van der Waals surface area contributed by atoms with Gasteiger partial charge in [0.2, 0.25) is 5.91 Å². The van der Waals surface area contributed by atoms with Gasteiger partial charge in [0.1, 0.15) is 6.61 Å². The molecular weight excluding hydrogens is 424 g/mol. The van der Waals surface area contributed by atoms with Crippen molar-refractivity contribution in [1.29, 1.82) is 0 Å². The lowest BCUT2D eigenvalue weighted by molar-refractivity contribution is -0.172. The molecule has 0 saturated heterocycles. The fraction of sp³-hybridized carbons (Fsp3) is 0.333. The normalized spacial score (nSPS) is 18.5. The molecule has 1 amide bonds. The van der Waals surface area contributed by atoms with Gasteiger partial charge in [0.15, 0.2) is 5.60 Å². The minimum atomic E-state index is -1.86. The zero-order valence-corrected chi connectivity index (χ0v) is 18.6. The number of fused-ring (bicyclic) bond motifs is 5. The van der Waals surface area contributed by atoms with Gasteiger partial charge in [-0.25, -0.2) is 9.78 Å². The minimum Gasteiger partial charge on any atom is -0.458 e. The Morgan fingerprint density at radius 3 is 2.73 bits per heavy atom. The molecular formula is C24H24N4O5. The van der Waals surface area contributed by atoms with E-state index in [9.17, 15) is 19.5 Å². The molecule has 1 atom stereocenters. The van der Waals surface area contributed by atoms with Gasteiger partial charge in [-0.2, -0.15) is 0 Å². The van der Waals surface area contributed by atoms with E-state index in [4.69, 9.17) is 15.5 Å². The van der Waals surface area contributed by atoms with Gasteiger partial charge >= 0.3 is 5.97 Å². The number of rotatable bonds is 3. The van der Waals surface area contributed by atoms with Crippen LogP contribution in [-0.2, 0) is 33.1 Å². The van der Waals surface area contributed by atoms with Gasteiger partial charge in [-0.05, 0) is 49.6 Å². The number of aryl methyl sites for hydroxylation is 2. The van der Waals surface area contributed by atoms with Crippen molar-refractivity contribution in [2.45, 2.75) is 45.9 Å². The number of aliphatic hydroxyl groups is 1. The Balaban J connectivity index is 1.74. The Kier molecular flexibility index (Phi) is 4.66. The van der Waals surface area contributed by atoms with Gasteiger partial charge in [0, 0.05) is 22.2 Å². The summed E-state index contributed by atoms with van der Waals surface area (Å²) in [6.45, 7) is 5.60. The van der Waals surface area contributed by atoms with E-state index >= 15 is 0 Å². The average molecular weight is 448 g/mol. The van der Waals surface area contributed by atoms with Crippen molar-refractivity contribution in [2.24, 2.45) is 5.73 Å². The number of cyclic esters (lactones) is 1. The highest BCUT2D eigenvalue weighted by Crippen LogP contribution is 2.41. The average Bonchev–Trinajstić information content (AvgIpc) is 3.18. The van der Waals surface area contributed by atoms with E-state index in [-0.39, 0.29) is 31.0 Å². The SMILES string of the molecule is CC[C@@]1(O)C(=O)OCc2c1cc1n(c2=O)Cc2c-1nc1ccc(NC(=O)CN)c(C)c1c2C. The number of benzene rings is 1. The number of amides is 1. The van der Waals surface area contributed by atoms with E-state index in [1.807, 2.05) is 19.9 Å². The van der Waals surface area contributed by atoms with Crippen molar-refractivity contribution in [2.75, 3.05) is 11.9 Å². The fourth-order valence-electron chi connectivity index (χ4n) is 4.93. The maximum atomic E-state index is 13.3. The predicted molar refractivity (Wildman–Crippen MR) is 122 cm³/mol. The first-order valence-corrected chi connectivity index (χ1v) is 10.8. The first kappa shape index (κ1) is 21.3. The van der Waals surface area contributed by atoms with E-state index in [2.05, 4.69) is 5.32 Å². The summed E-state index contributed by atoms with van der Waals surface area (Å²) in [6.07, 6.45) is 0.0925. The quantitative estimate of drug-likeness (QED) is 0.405. The highest BCUT2D eigenvalue weighted by molar-refractivity contribution is 5.99. The number of pyridine rings is 2. The van der Waals surface area contributed by atoms with Gasteiger partial charge < -0.3 is 25.5 Å². The molecule has 0 aliphatic carbocycles. The Labute approximate surface area is 189 Å². The number of hydrogen-bond donors (Lipinski definition) is 3. The highest BCUT2D eigenvalue weighted by Gasteiger charge is 2.45. The number of nitrogens with zero attached hydrogens (tertiary/aromatic N) is 2. The number of nitrogens with two attached hydrogens (primary N) is 1. The maximum absolute atomic E-state index is 13.3. The maximum Gasteiger partial charge on any atom is 0.343 e. The largest absolute Gasteiger partial charge is 0.458 e. The summed E-state index contributed by atoms with van der Waals surface area (Å²) in [6, 6.07) is 5.30. The van der Waals surface area contributed by atoms with Crippen LogP contribution in [0.4, 0.5) is 5.69 Å². The molecule has 0 radical (unpaired) electrons. The Hall–Kier alpha value is -3.56. The molecule has 5 rings (SSSR count). The number of anilines is 1. The Bertz CT molecular complexity index is 1440. The summed E-state index contributed by atoms with van der Waals surface area (Å²) in [5.41, 5.74) is 9.17. The number of esters is 1. The van der Waals surface area contributed by atoms with E-state index < -0.39 is 11.6 Å². The smallest absolute Gasteiger partial charge is 0.343 e. The van der Waals surface area contributed by atoms with Crippen molar-refractivity contribution in [1.82, 2.24) is 9.55 Å². The van der Waals surface area contributed by atoms with Crippen LogP contribution in [0, 0.1) is 13.8 Å². The summed E-state index contributed by atoms with van der Waals surface area (Å²) in [5.74, 6) is -1.03. The second-order valence-corrected chi connectivity index (χ2v) is 8.55. The van der Waals surface area contributed by atoms with Gasteiger partial charge in [-0.15, -0.1) is 0 Å². The second-order valence-electron chi connectivity index (χ2n) is 8.55. The highest BCUT2D eigenvalue weighted by atomic mass is 16.6. The van der Waals surface area contributed by atoms with Gasteiger partial charge in [-0.1, -0.05) is 6.92 Å². The number of nitrogens with one attached hydrogen (secondary N) is 1. The van der Waals surface area contributed by atoms with Crippen LogP contribution in [0.2, 0.25) is 0 Å². The van der Waals surface area contributed by atoms with Crippen LogP contribution in [0.3, 0.4) is 0 Å². The molecule has 2 aliphatic rings. The summed E-state index contributed by atoms with van der Waals surface area (Å²) >= 11 is 0. The summed E-state index contributed by atoms with van der Waals surface area (Å²) in [4.78, 5) is 42.3. The van der Waals surface area contributed by atoms with E-state index in [1.165, 1.54) is 0 Å². The Morgan fingerprint density at radius 2 is 2.03 bits per heavy atom. The lowest BCUT2D eigenvalue weighted by atomic mass is 9.86. The van der Waals surface area contributed by atoms with Crippen molar-refractivity contribution in [3.63, 3.8) is 0 Å². The fourth-order valence-corrected chi connectivity index (χ4v) is 4.93. The molecule has 9 heteroatoms. The van der Waals surface area contributed by atoms with Crippen LogP contribution < -0.4 is 16.6 Å². The number of hydrogen-bond acceptors (Lipinski definition) is 7. The Morgan fingerprint density at radius 1 is 1.27 bits per heavy atom. The molecule has 33 heavy (non-hydrogen) atoms. The number of carbonyl (C=O) groups excluding carboxylic acids is 2. The molecule has 0 fully saturated rings. The van der Waals surface area contributed by atoms with E-state index in [0.29, 0.717) is 34.7 Å². The number of aromatic nitrogens is 2. The number of ether oxygens (including phenoxy) is 1. The molecule has 0 spiro atoms. The van der Waals surface area contributed by atoms with Crippen LogP contribution in [0.15, 0.2) is 23.0 Å². The third-order valence-electron chi connectivity index (χ3n) is 6.85. The minimum absolute atomic E-state index is 0.0925. The topological polar surface area (TPSA) is 137 Å². The van der Waals surface area contributed by atoms with Crippen molar-refractivity contribution < 1.29 is 19.4 Å². The predicted octanol–water partition coefficient (Wildman–Crippen LogP) is 1.59. The van der Waals surface area contributed by atoms with Crippen LogP contribution >= 0.6 is 0 Å². The third-order valence-corrected chi connectivity index (χ3v) is 6.85. The molecule has 0 saturated carbocycles. The molecule has 1 aromatic carbocycles. The van der Waals surface area contributed by atoms with Crippen molar-refractivity contribution in [3.05, 3.63) is 56.4 Å². The van der Waals surface area contributed by atoms with E-state index in [1.54, 1.807) is 23.6 Å². The van der Waals surface area contributed by atoms with Gasteiger partial charge in [0.05, 0.1) is 35.6 Å². The molecule has 4 N–H and O–H groups in total. The second kappa shape index (κ2) is 7.23. The standard InChI is InChI=1S/C24H24N4O5/c1-4-24(32)15-7-18-21-13(9-28(18)22(30)14(15)10-33-23(24)31)11(2)20-12(3)16(26-19(29)8-25)5-6-17(20)27-21/h5-7,32H,4,8-10,25H2,1-3H3,(H,26,29)/t24-/m0/s1. The summed E-state index contributed by atoms with van der Waals surface area (Å²) < 4.78 is 6.74. The summed E-state index contributed by atoms with van der Waals surface area (Å²) in [5, 5.41) is 14.7. The molecule has 9 nitrogen and oxygen atoms in total. The van der Waals surface area contributed by atoms with Gasteiger partial charge in [0.25, 0.3) is 5.56 Å². The van der Waals surface area contributed by atoms with Crippen LogP contribution in [0.5, 0.6) is 0 Å². The zero-order chi connectivity index (χ0) is 23.7. The molecule has 0 unspecified atom stereocenters. The monoisotopic (exact) mass is 448 g/mol. The molecule has 2 aromatic heterocycles. The molecule has 4 heterocycles. The van der Waals surface area contributed by atoms with Crippen LogP contribution in [0.1, 0.15) is 41.2 Å². The lowest BCUT2D eigenvalue weighted by Crippen LogP contribution is -2.44. The molecule has 0 bridgehead atoms. The number of carbonyl (C=O) groups is 2. The molecule has 170 valence electrons. The summed E-state index contributed by atoms with van der Waals surface area (Å²) in [7, 11) is 0. The first-order valence-electron chi connectivity index (χ1n) is 10.8. The zero-order valence-electron chi connectivity index (χ0n) is 18.6. The van der Waals surface area contributed by atoms with Crippen LogP contribution in [-0.4, -0.2) is 33.1 Å². The van der Waals surface area contributed by atoms with Crippen molar-refractivity contribution in [3.8, 4) is 11.4 Å².